The summed E-state index contributed by atoms with van der Waals surface area (Å²) in [4.78, 5) is 51.9. The molecular weight excluding hydrogens is 456 g/mol. The van der Waals surface area contributed by atoms with E-state index in [1.807, 2.05) is 24.3 Å². The molecule has 35 heavy (non-hydrogen) atoms. The Morgan fingerprint density at radius 2 is 1.80 bits per heavy atom. The highest BCUT2D eigenvalue weighted by Crippen LogP contribution is 2.19. The number of aliphatic hydroxyl groups is 1. The van der Waals surface area contributed by atoms with Gasteiger partial charge in [0, 0.05) is 23.5 Å². The molecule has 12 heteroatoms. The maximum absolute atomic E-state index is 12.7. The zero-order chi connectivity index (χ0) is 26.0. The van der Waals surface area contributed by atoms with Gasteiger partial charge in [0.05, 0.1) is 18.7 Å². The number of benzene rings is 1. The first-order chi connectivity index (χ1) is 16.6. The molecule has 2 aromatic rings. The van der Waals surface area contributed by atoms with E-state index in [4.69, 9.17) is 11.5 Å². The summed E-state index contributed by atoms with van der Waals surface area (Å²) in [6.07, 6.45) is 2.15. The number of nitrogens with one attached hydrogen (secondary N) is 4. The summed E-state index contributed by atoms with van der Waals surface area (Å²) >= 11 is 0. The van der Waals surface area contributed by atoms with E-state index in [1.165, 1.54) is 6.92 Å². The van der Waals surface area contributed by atoms with E-state index in [0.29, 0.717) is 24.9 Å². The van der Waals surface area contributed by atoms with Gasteiger partial charge in [-0.3, -0.25) is 14.4 Å². The normalized spacial score (nSPS) is 14.5. The fourth-order valence-electron chi connectivity index (χ4n) is 3.55. The van der Waals surface area contributed by atoms with Crippen LogP contribution in [-0.4, -0.2) is 76.2 Å². The number of para-hydroxylation sites is 1. The van der Waals surface area contributed by atoms with Crippen LogP contribution in [0.25, 0.3) is 10.9 Å². The smallest absolute Gasteiger partial charge is 0.326 e. The first kappa shape index (κ1) is 27.8. The van der Waals surface area contributed by atoms with E-state index in [-0.39, 0.29) is 6.42 Å². The van der Waals surface area contributed by atoms with Gasteiger partial charge in [0.25, 0.3) is 0 Å². The number of carbonyl (C=O) groups is 4. The molecule has 4 atom stereocenters. The van der Waals surface area contributed by atoms with Crippen LogP contribution in [0.4, 0.5) is 0 Å². The lowest BCUT2D eigenvalue weighted by molar-refractivity contribution is -0.142. The van der Waals surface area contributed by atoms with E-state index < -0.39 is 54.5 Å². The molecule has 192 valence electrons. The second kappa shape index (κ2) is 13.4. The lowest BCUT2D eigenvalue weighted by atomic mass is 10.0. The molecule has 1 aromatic heterocycles. The molecule has 0 saturated carbocycles. The predicted molar refractivity (Wildman–Crippen MR) is 129 cm³/mol. The zero-order valence-corrected chi connectivity index (χ0v) is 19.6. The first-order valence-electron chi connectivity index (χ1n) is 11.4. The number of aliphatic hydroxyl groups excluding tert-OH is 1. The number of amides is 3. The van der Waals surface area contributed by atoms with Crippen molar-refractivity contribution in [3.63, 3.8) is 0 Å². The Hall–Kier alpha value is -3.48. The third-order valence-corrected chi connectivity index (χ3v) is 5.52. The van der Waals surface area contributed by atoms with Gasteiger partial charge in [-0.25, -0.2) is 4.79 Å². The molecule has 1 aromatic carbocycles. The molecule has 0 aliphatic rings. The largest absolute Gasteiger partial charge is 0.480 e. The van der Waals surface area contributed by atoms with Crippen LogP contribution in [-0.2, 0) is 25.6 Å². The van der Waals surface area contributed by atoms with Gasteiger partial charge in [0.1, 0.15) is 12.1 Å². The Balaban J connectivity index is 1.95. The maximum atomic E-state index is 12.7. The fourth-order valence-corrected chi connectivity index (χ4v) is 3.55. The molecule has 0 aliphatic heterocycles. The Labute approximate surface area is 202 Å². The maximum Gasteiger partial charge on any atom is 0.326 e. The number of unbranched alkanes of at least 4 members (excludes halogenated alkanes) is 1. The second-order valence-corrected chi connectivity index (χ2v) is 8.36. The number of nitrogens with two attached hydrogens (primary N) is 2. The number of carbonyl (C=O) groups excluding carboxylic acids is 3. The van der Waals surface area contributed by atoms with Gasteiger partial charge in [-0.1, -0.05) is 24.6 Å². The number of aliphatic carboxylic acids is 1. The summed E-state index contributed by atoms with van der Waals surface area (Å²) < 4.78 is 0. The lowest BCUT2D eigenvalue weighted by Gasteiger charge is -2.23. The van der Waals surface area contributed by atoms with E-state index >= 15 is 0 Å². The van der Waals surface area contributed by atoms with Gasteiger partial charge in [-0.2, -0.15) is 0 Å². The molecule has 0 aliphatic carbocycles. The van der Waals surface area contributed by atoms with Crippen LogP contribution in [0.2, 0.25) is 0 Å². The van der Waals surface area contributed by atoms with Crippen LogP contribution in [0.3, 0.4) is 0 Å². The van der Waals surface area contributed by atoms with E-state index in [0.717, 1.165) is 17.3 Å². The summed E-state index contributed by atoms with van der Waals surface area (Å²) in [6.45, 7) is 1.31. The third kappa shape index (κ3) is 8.35. The number of fused-ring (bicyclic) bond motifs is 1. The number of carboxylic acids is 1. The number of hydrogen-bond acceptors (Lipinski definition) is 7. The van der Waals surface area contributed by atoms with E-state index in [1.54, 1.807) is 6.20 Å². The summed E-state index contributed by atoms with van der Waals surface area (Å²) in [7, 11) is 0. The van der Waals surface area contributed by atoms with Crippen molar-refractivity contribution in [3.05, 3.63) is 36.0 Å². The second-order valence-electron chi connectivity index (χ2n) is 8.36. The molecule has 10 N–H and O–H groups in total. The number of aromatic nitrogens is 1. The minimum atomic E-state index is -1.43. The highest BCUT2D eigenvalue weighted by Gasteiger charge is 2.30. The van der Waals surface area contributed by atoms with Crippen molar-refractivity contribution >= 4 is 34.6 Å². The predicted octanol–water partition coefficient (Wildman–Crippen LogP) is -1.28. The minimum Gasteiger partial charge on any atom is -0.480 e. The highest BCUT2D eigenvalue weighted by atomic mass is 16.4. The summed E-state index contributed by atoms with van der Waals surface area (Å²) in [5, 5.41) is 27.6. The molecule has 2 rings (SSSR count). The van der Waals surface area contributed by atoms with Crippen molar-refractivity contribution < 1.29 is 29.4 Å². The summed E-state index contributed by atoms with van der Waals surface area (Å²) in [5.74, 6) is -3.41. The topological polar surface area (TPSA) is 213 Å². The fraction of sp³-hybridized carbons (Fsp3) is 0.478. The Bertz CT molecular complexity index is 1020. The number of rotatable bonds is 14. The van der Waals surface area contributed by atoms with Gasteiger partial charge >= 0.3 is 5.97 Å². The molecule has 0 saturated heterocycles. The molecule has 12 nitrogen and oxygen atoms in total. The van der Waals surface area contributed by atoms with Crippen LogP contribution >= 0.6 is 0 Å². The minimum absolute atomic E-state index is 0.0103. The van der Waals surface area contributed by atoms with Gasteiger partial charge in [0.15, 0.2) is 0 Å². The molecule has 0 bridgehead atoms. The monoisotopic (exact) mass is 490 g/mol. The van der Waals surface area contributed by atoms with Gasteiger partial charge < -0.3 is 42.6 Å². The summed E-state index contributed by atoms with van der Waals surface area (Å²) in [6, 6.07) is 3.81. The Kier molecular flexibility index (Phi) is 10.6. The van der Waals surface area contributed by atoms with Crippen molar-refractivity contribution in [1.82, 2.24) is 20.9 Å². The highest BCUT2D eigenvalue weighted by molar-refractivity contribution is 5.93. The van der Waals surface area contributed by atoms with Crippen molar-refractivity contribution in [1.29, 1.82) is 0 Å². The number of carboxylic acid groups (broad SMARTS) is 1. The summed E-state index contributed by atoms with van der Waals surface area (Å²) in [5.41, 5.74) is 12.7. The van der Waals surface area contributed by atoms with Gasteiger partial charge in [-0.05, 0) is 37.9 Å². The molecule has 0 spiro atoms. The van der Waals surface area contributed by atoms with Crippen molar-refractivity contribution in [2.24, 2.45) is 11.5 Å². The molecule has 3 amide bonds. The zero-order valence-electron chi connectivity index (χ0n) is 19.6. The van der Waals surface area contributed by atoms with E-state index in [9.17, 15) is 29.4 Å². The number of aromatic amines is 1. The SMILES string of the molecule is CC(O)C(NC(=O)CNC(=O)C(N)CCCCN)C(=O)NC(Cc1c[nH]c2ccccc12)C(=O)O. The van der Waals surface area contributed by atoms with E-state index in [2.05, 4.69) is 20.9 Å². The standard InChI is InChI=1S/C23H34N6O6/c1-13(30)20(29-19(31)12-27-21(32)16(25)7-4-5-9-24)22(33)28-18(23(34)35)10-14-11-26-17-8-3-2-6-15(14)17/h2-3,6,8,11,13,16,18,20,26,30H,4-5,7,9-10,12,24-25H2,1H3,(H,27,32)(H,28,33)(H,29,31)(H,34,35). The molecular formula is C23H34N6O6. The number of H-pyrrole nitrogens is 1. The van der Waals surface area contributed by atoms with Crippen LogP contribution in [0.15, 0.2) is 30.5 Å². The van der Waals surface area contributed by atoms with Crippen LogP contribution in [0.5, 0.6) is 0 Å². The average Bonchev–Trinajstić information content (AvgIpc) is 3.23. The molecule has 1 heterocycles. The van der Waals surface area contributed by atoms with Crippen LogP contribution < -0.4 is 27.4 Å². The van der Waals surface area contributed by atoms with Crippen molar-refractivity contribution in [3.8, 4) is 0 Å². The van der Waals surface area contributed by atoms with Crippen LogP contribution in [0.1, 0.15) is 31.7 Å². The average molecular weight is 491 g/mol. The first-order valence-corrected chi connectivity index (χ1v) is 11.4. The molecule has 4 unspecified atom stereocenters. The Morgan fingerprint density at radius 3 is 2.46 bits per heavy atom. The van der Waals surface area contributed by atoms with Gasteiger partial charge in [0.2, 0.25) is 17.7 Å². The van der Waals surface area contributed by atoms with Crippen LogP contribution in [0, 0.1) is 0 Å². The lowest BCUT2D eigenvalue weighted by Crippen LogP contribution is -2.57. The quantitative estimate of drug-likeness (QED) is 0.149. The third-order valence-electron chi connectivity index (χ3n) is 5.52. The van der Waals surface area contributed by atoms with Crippen molar-refractivity contribution in [2.45, 2.75) is 56.8 Å². The molecule has 0 radical (unpaired) electrons. The molecule has 0 fully saturated rings. The van der Waals surface area contributed by atoms with Gasteiger partial charge in [-0.15, -0.1) is 0 Å². The Morgan fingerprint density at radius 1 is 1.09 bits per heavy atom. The van der Waals surface area contributed by atoms with Crippen molar-refractivity contribution in [2.75, 3.05) is 13.1 Å². The number of hydrogen-bond donors (Lipinski definition) is 8.